The molecule has 8 aromatic carbocycles. The van der Waals surface area contributed by atoms with E-state index in [-0.39, 0.29) is 24.8 Å². The molecule has 2 aromatic heterocycles. The third-order valence-corrected chi connectivity index (χ3v) is 30.7. The monoisotopic (exact) mass is 960 g/mol. The van der Waals surface area contributed by atoms with Crippen molar-refractivity contribution in [1.29, 1.82) is 0 Å². The van der Waals surface area contributed by atoms with Crippen LogP contribution in [0.1, 0.15) is 34.2 Å². The van der Waals surface area contributed by atoms with Crippen LogP contribution in [0.4, 0.5) is 0 Å². The molecule has 0 radical (unpaired) electrons. The van der Waals surface area contributed by atoms with E-state index in [9.17, 15) is 0 Å². The van der Waals surface area contributed by atoms with Crippen LogP contribution in [0.3, 0.4) is 0 Å². The summed E-state index contributed by atoms with van der Waals surface area (Å²) in [6.45, 7) is 9.40. The molecular weight excluding hydrogens is 919 g/mol. The van der Waals surface area contributed by atoms with Crippen molar-refractivity contribution < 1.29 is 54.0 Å². The predicted octanol–water partition coefficient (Wildman–Crippen LogP) is 5.46. The Hall–Kier alpha value is -5.48. The maximum Gasteiger partial charge on any atom is -1.00 e. The molecule has 0 spiro atoms. The first kappa shape index (κ1) is 42.5. The van der Waals surface area contributed by atoms with Crippen molar-refractivity contribution in [2.45, 2.75) is 37.8 Å². The summed E-state index contributed by atoms with van der Waals surface area (Å²) in [5, 5.41) is 15.4. The molecule has 2 heterocycles. The van der Waals surface area contributed by atoms with Gasteiger partial charge in [-0.05, 0) is 0 Å². The maximum absolute atomic E-state index is 7.10. The van der Waals surface area contributed by atoms with Crippen LogP contribution in [0.25, 0.3) is 61.8 Å². The molecule has 6 heteroatoms. The van der Waals surface area contributed by atoms with Crippen LogP contribution in [0.2, 0.25) is 13.1 Å². The molecular formula is C58H44Cl2O2SiZr. The topological polar surface area (TPSA) is 26.3 Å². The van der Waals surface area contributed by atoms with Crippen LogP contribution in [-0.2, 0) is 31.2 Å². The Kier molecular flexibility index (Phi) is 10.7. The summed E-state index contributed by atoms with van der Waals surface area (Å²) >= 11 is -3.29. The Balaban J connectivity index is 0.00000242. The van der Waals surface area contributed by atoms with Gasteiger partial charge < -0.3 is 24.8 Å². The number of hydrogen-bond donors (Lipinski definition) is 0. The van der Waals surface area contributed by atoms with Gasteiger partial charge in [0.1, 0.15) is 0 Å². The predicted molar refractivity (Wildman–Crippen MR) is 256 cm³/mol. The molecule has 2 aliphatic rings. The molecule has 12 rings (SSSR count). The van der Waals surface area contributed by atoms with Gasteiger partial charge in [-0.25, -0.2) is 0 Å². The first-order valence-electron chi connectivity index (χ1n) is 21.7. The molecule has 2 nitrogen and oxygen atoms in total. The van der Waals surface area contributed by atoms with E-state index in [0.717, 1.165) is 23.0 Å². The van der Waals surface area contributed by atoms with Crippen molar-refractivity contribution in [1.82, 2.24) is 0 Å². The number of rotatable bonds is 6. The number of furan rings is 2. The molecule has 0 fully saturated rings. The average molecular weight is 963 g/mol. The van der Waals surface area contributed by atoms with Crippen molar-refractivity contribution in [2.75, 3.05) is 0 Å². The van der Waals surface area contributed by atoms with Gasteiger partial charge in [-0.1, -0.05) is 0 Å². The first-order valence-corrected chi connectivity index (χ1v) is 30.3. The zero-order chi connectivity index (χ0) is 41.7. The van der Waals surface area contributed by atoms with Crippen molar-refractivity contribution in [3.63, 3.8) is 0 Å². The van der Waals surface area contributed by atoms with Crippen molar-refractivity contribution in [2.24, 2.45) is 0 Å². The minimum atomic E-state index is -3.29. The van der Waals surface area contributed by atoms with E-state index in [4.69, 9.17) is 8.83 Å². The Bertz CT molecular complexity index is 3590. The summed E-state index contributed by atoms with van der Waals surface area (Å²) in [6.07, 6.45) is 5.18. The Morgan fingerprint density at radius 3 is 1.22 bits per heavy atom. The third-order valence-electron chi connectivity index (χ3n) is 13.6. The summed E-state index contributed by atoms with van der Waals surface area (Å²) in [5.74, 6) is 3.84. The van der Waals surface area contributed by atoms with E-state index in [2.05, 4.69) is 221 Å². The zero-order valence-corrected chi connectivity index (χ0v) is 41.0. The van der Waals surface area contributed by atoms with E-state index in [1.165, 1.54) is 75.1 Å². The van der Waals surface area contributed by atoms with E-state index in [1.807, 2.05) is 0 Å². The first-order chi connectivity index (χ1) is 30.4. The Morgan fingerprint density at radius 1 is 0.406 bits per heavy atom. The zero-order valence-electron chi connectivity index (χ0n) is 36.0. The van der Waals surface area contributed by atoms with Crippen LogP contribution >= 0.6 is 0 Å². The summed E-state index contributed by atoms with van der Waals surface area (Å²) in [5.41, 5.74) is 0.181. The van der Waals surface area contributed by atoms with Crippen LogP contribution < -0.4 is 45.7 Å². The largest absolute Gasteiger partial charge is 1.00 e. The molecule has 0 amide bonds. The summed E-state index contributed by atoms with van der Waals surface area (Å²) < 4.78 is 17.3. The number of fused-ring (bicyclic) bond motifs is 8. The van der Waals surface area contributed by atoms with Crippen LogP contribution in [0.15, 0.2) is 191 Å². The second-order valence-electron chi connectivity index (χ2n) is 17.4. The Morgan fingerprint density at radius 2 is 0.797 bits per heavy atom. The SMILES string of the molecule is Cc1ccc(C2(c3cccc4ccc5ccccc5c34)C=c3ccccc3=[C]2[Zr+2]([C]2=c3ccccc3=CC2(c2ccc(C)o2)c2cccc3ccc4ccccc4c23)=[Si](C)C)o1.[Cl-].[Cl-]. The number of aryl methyl sites for hydroxylation is 2. The summed E-state index contributed by atoms with van der Waals surface area (Å²) in [4.78, 5) is 0. The summed E-state index contributed by atoms with van der Waals surface area (Å²) in [6, 6.07) is 68.3. The van der Waals surface area contributed by atoms with Crippen molar-refractivity contribution in [3.05, 3.63) is 237 Å². The van der Waals surface area contributed by atoms with Gasteiger partial charge in [0, 0.05) is 0 Å². The van der Waals surface area contributed by atoms with Crippen molar-refractivity contribution >= 4 is 67.2 Å². The van der Waals surface area contributed by atoms with Gasteiger partial charge in [-0.2, -0.15) is 0 Å². The fourth-order valence-corrected chi connectivity index (χ4v) is 30.1. The molecule has 0 bridgehead atoms. The molecule has 2 unspecified atom stereocenters. The minimum absolute atomic E-state index is 0. The molecule has 0 saturated carbocycles. The van der Waals surface area contributed by atoms with Crippen LogP contribution in [0.5, 0.6) is 0 Å². The van der Waals surface area contributed by atoms with Gasteiger partial charge in [-0.3, -0.25) is 0 Å². The van der Waals surface area contributed by atoms with Gasteiger partial charge in [-0.15, -0.1) is 0 Å². The molecule has 64 heavy (non-hydrogen) atoms. The van der Waals surface area contributed by atoms with Gasteiger partial charge in [0.05, 0.1) is 0 Å². The number of halogens is 2. The molecule has 2 atom stereocenters. The van der Waals surface area contributed by atoms with E-state index < -0.39 is 36.6 Å². The van der Waals surface area contributed by atoms with E-state index in [0.29, 0.717) is 0 Å². The van der Waals surface area contributed by atoms with Gasteiger partial charge in [0.25, 0.3) is 0 Å². The van der Waals surface area contributed by atoms with E-state index >= 15 is 0 Å². The molecule has 310 valence electrons. The van der Waals surface area contributed by atoms with Gasteiger partial charge in [0.15, 0.2) is 0 Å². The molecule has 0 aliphatic heterocycles. The molecule has 2 aliphatic carbocycles. The number of benzene rings is 8. The quantitative estimate of drug-likeness (QED) is 0.164. The Labute approximate surface area is 393 Å². The van der Waals surface area contributed by atoms with Crippen molar-refractivity contribution in [3.8, 4) is 0 Å². The maximum atomic E-state index is 7.10. The smallest absolute Gasteiger partial charge is 1.00 e. The van der Waals surface area contributed by atoms with Gasteiger partial charge in [0.2, 0.25) is 0 Å². The fraction of sp³-hybridized carbons (Fsp3) is 0.103. The summed E-state index contributed by atoms with van der Waals surface area (Å²) in [7, 11) is 0. The minimum Gasteiger partial charge on any atom is -1.00 e. The number of hydrogen-bond acceptors (Lipinski definition) is 2. The average Bonchev–Trinajstić information content (AvgIpc) is 4.10. The second kappa shape index (κ2) is 16.2. The standard InChI is InChI=1S/2C28H19O.C2H6Si.2ClH.Zr/c2*1-19-13-16-26(29-19)28(17-22-8-2-3-9-23(22)18-28)25-12-6-10-21-15-14-20-7-4-5-11-24(20)27(21)25;1-3-2;;;/h2*2-17H,1H3;1-2H3;2*1H;/q;;;;;+2/p-2. The molecule has 10 aromatic rings. The fourth-order valence-electron chi connectivity index (χ4n) is 11.2. The van der Waals surface area contributed by atoms with E-state index in [1.54, 1.807) is 6.56 Å². The van der Waals surface area contributed by atoms with Gasteiger partial charge >= 0.3 is 371 Å². The third kappa shape index (κ3) is 6.13. The molecule has 0 N–H and O–H groups in total. The molecule has 0 saturated heterocycles. The normalized spacial score (nSPS) is 17.3. The second-order valence-corrected chi connectivity index (χ2v) is 34.0. The van der Waals surface area contributed by atoms with Crippen LogP contribution in [0, 0.1) is 13.8 Å². The van der Waals surface area contributed by atoms with Crippen LogP contribution in [-0.4, -0.2) is 5.43 Å².